The van der Waals surface area contributed by atoms with Crippen LogP contribution in [0.3, 0.4) is 0 Å². The van der Waals surface area contributed by atoms with Crippen LogP contribution in [0.4, 0.5) is 0 Å². The Labute approximate surface area is 137 Å². The van der Waals surface area contributed by atoms with Crippen molar-refractivity contribution in [2.24, 2.45) is 5.84 Å². The number of rotatable bonds is 5. The van der Waals surface area contributed by atoms with Gasteiger partial charge in [0.25, 0.3) is 0 Å². The van der Waals surface area contributed by atoms with Crippen molar-refractivity contribution in [2.75, 3.05) is 0 Å². The molecule has 2 aromatic rings. The molecule has 112 valence electrons. The van der Waals surface area contributed by atoms with Crippen LogP contribution in [-0.2, 0) is 0 Å². The van der Waals surface area contributed by atoms with Gasteiger partial charge in [0.15, 0.2) is 0 Å². The Balaban J connectivity index is 2.39. The Morgan fingerprint density at radius 1 is 1.33 bits per heavy atom. The van der Waals surface area contributed by atoms with E-state index in [2.05, 4.69) is 26.3 Å². The lowest BCUT2D eigenvalue weighted by atomic mass is 10.0. The summed E-state index contributed by atoms with van der Waals surface area (Å²) in [6.45, 7) is 3.94. The molecule has 1 atom stereocenters. The summed E-state index contributed by atoms with van der Waals surface area (Å²) >= 11 is 9.77. The van der Waals surface area contributed by atoms with E-state index in [9.17, 15) is 0 Å². The monoisotopic (exact) mass is 369 g/mol. The first-order valence-corrected chi connectivity index (χ1v) is 7.71. The first kappa shape index (κ1) is 16.2. The van der Waals surface area contributed by atoms with Crippen LogP contribution in [0.5, 0.6) is 5.75 Å². The lowest BCUT2D eigenvalue weighted by Crippen LogP contribution is -2.29. The lowest BCUT2D eigenvalue weighted by molar-refractivity contribution is 0.241. The van der Waals surface area contributed by atoms with Gasteiger partial charge in [0, 0.05) is 10.7 Å². The molecule has 4 nitrogen and oxygen atoms in total. The molecule has 1 aromatic carbocycles. The minimum atomic E-state index is -0.266. The number of hydrogen-bond donors (Lipinski definition) is 2. The Bertz CT molecular complexity index is 622. The minimum Gasteiger partial charge on any atom is -0.489 e. The standard InChI is InChI=1S/C15H17BrClN3O/c1-9(2)21-11-6-10(7-19-8-11)15(20-18)12-4-3-5-13(16)14(12)17/h3-9,15,20H,18H2,1-2H3. The van der Waals surface area contributed by atoms with Crippen molar-refractivity contribution in [1.82, 2.24) is 10.4 Å². The van der Waals surface area contributed by atoms with Crippen LogP contribution in [0.2, 0.25) is 5.02 Å². The molecule has 0 aliphatic heterocycles. The van der Waals surface area contributed by atoms with Gasteiger partial charge in [-0.3, -0.25) is 10.8 Å². The van der Waals surface area contributed by atoms with Crippen LogP contribution in [0.1, 0.15) is 31.0 Å². The SMILES string of the molecule is CC(C)Oc1cncc(C(NN)c2cccc(Br)c2Cl)c1. The van der Waals surface area contributed by atoms with Crippen LogP contribution < -0.4 is 16.0 Å². The van der Waals surface area contributed by atoms with Gasteiger partial charge in [-0.1, -0.05) is 23.7 Å². The summed E-state index contributed by atoms with van der Waals surface area (Å²) in [6, 6.07) is 7.37. The number of benzene rings is 1. The summed E-state index contributed by atoms with van der Waals surface area (Å²) in [6.07, 6.45) is 3.51. The zero-order valence-corrected chi connectivity index (χ0v) is 14.1. The van der Waals surface area contributed by atoms with Crippen LogP contribution >= 0.6 is 27.5 Å². The molecule has 2 rings (SSSR count). The highest BCUT2D eigenvalue weighted by Crippen LogP contribution is 2.33. The molecule has 21 heavy (non-hydrogen) atoms. The van der Waals surface area contributed by atoms with Crippen molar-refractivity contribution < 1.29 is 4.74 Å². The largest absolute Gasteiger partial charge is 0.489 e. The van der Waals surface area contributed by atoms with E-state index in [0.29, 0.717) is 10.8 Å². The number of pyridine rings is 1. The average molecular weight is 371 g/mol. The number of hydrazine groups is 1. The number of nitrogens with one attached hydrogen (secondary N) is 1. The second-order valence-corrected chi connectivity index (χ2v) is 6.10. The summed E-state index contributed by atoms with van der Waals surface area (Å²) in [5.74, 6) is 6.42. The minimum absolute atomic E-state index is 0.0841. The van der Waals surface area contributed by atoms with Crippen molar-refractivity contribution in [2.45, 2.75) is 26.0 Å². The fraction of sp³-hybridized carbons (Fsp3) is 0.267. The molecule has 0 saturated carbocycles. The van der Waals surface area contributed by atoms with E-state index in [1.165, 1.54) is 0 Å². The molecule has 1 unspecified atom stereocenters. The van der Waals surface area contributed by atoms with Gasteiger partial charge >= 0.3 is 0 Å². The molecule has 0 amide bonds. The molecule has 0 saturated heterocycles. The first-order chi connectivity index (χ1) is 10.0. The van der Waals surface area contributed by atoms with Gasteiger partial charge in [0.05, 0.1) is 23.4 Å². The second kappa shape index (κ2) is 7.22. The molecule has 0 fully saturated rings. The van der Waals surface area contributed by atoms with Gasteiger partial charge in [0.2, 0.25) is 0 Å². The van der Waals surface area contributed by atoms with Crippen LogP contribution in [0.15, 0.2) is 41.1 Å². The number of halogens is 2. The highest BCUT2D eigenvalue weighted by Gasteiger charge is 2.18. The average Bonchev–Trinajstić information content (AvgIpc) is 2.44. The van der Waals surface area contributed by atoms with Crippen LogP contribution in [-0.4, -0.2) is 11.1 Å². The van der Waals surface area contributed by atoms with Crippen LogP contribution in [0.25, 0.3) is 0 Å². The number of hydrogen-bond acceptors (Lipinski definition) is 4. The predicted octanol–water partition coefficient (Wildman–Crippen LogP) is 3.84. The maximum absolute atomic E-state index is 6.35. The van der Waals surface area contributed by atoms with E-state index < -0.39 is 0 Å². The molecule has 1 aromatic heterocycles. The zero-order valence-electron chi connectivity index (χ0n) is 11.8. The van der Waals surface area contributed by atoms with Gasteiger partial charge in [-0.15, -0.1) is 0 Å². The normalized spacial score (nSPS) is 12.5. The Hall–Kier alpha value is -1.14. The van der Waals surface area contributed by atoms with E-state index >= 15 is 0 Å². The topological polar surface area (TPSA) is 60.2 Å². The fourth-order valence-corrected chi connectivity index (χ4v) is 2.66. The molecule has 1 heterocycles. The van der Waals surface area contributed by atoms with Crippen molar-refractivity contribution in [3.63, 3.8) is 0 Å². The fourth-order valence-electron chi connectivity index (χ4n) is 2.04. The molecule has 0 spiro atoms. The third-order valence-electron chi connectivity index (χ3n) is 2.90. The molecule has 0 aliphatic carbocycles. The van der Waals surface area contributed by atoms with E-state index in [-0.39, 0.29) is 12.1 Å². The predicted molar refractivity (Wildman–Crippen MR) is 88.3 cm³/mol. The Kier molecular flexibility index (Phi) is 5.58. The van der Waals surface area contributed by atoms with Crippen molar-refractivity contribution in [1.29, 1.82) is 0 Å². The molecule has 3 N–H and O–H groups in total. The number of aromatic nitrogens is 1. The maximum atomic E-state index is 6.35. The van der Waals surface area contributed by atoms with Gasteiger partial charge < -0.3 is 4.74 Å². The van der Waals surface area contributed by atoms with Crippen molar-refractivity contribution >= 4 is 27.5 Å². The van der Waals surface area contributed by atoms with Crippen LogP contribution in [0, 0.1) is 0 Å². The number of nitrogens with zero attached hydrogens (tertiary/aromatic N) is 1. The number of ether oxygens (including phenoxy) is 1. The van der Waals surface area contributed by atoms with Crippen molar-refractivity contribution in [3.05, 3.63) is 57.3 Å². The summed E-state index contributed by atoms with van der Waals surface area (Å²) in [5, 5.41) is 0.621. The first-order valence-electron chi connectivity index (χ1n) is 6.54. The van der Waals surface area contributed by atoms with Gasteiger partial charge in [-0.25, -0.2) is 5.43 Å². The van der Waals surface area contributed by atoms with Gasteiger partial charge in [-0.2, -0.15) is 0 Å². The zero-order chi connectivity index (χ0) is 15.4. The molecule has 0 radical (unpaired) electrons. The molecular weight excluding hydrogens is 354 g/mol. The third-order valence-corrected chi connectivity index (χ3v) is 4.21. The molecule has 6 heteroatoms. The molecular formula is C15H17BrClN3O. The van der Waals surface area contributed by atoms with E-state index in [0.717, 1.165) is 15.6 Å². The summed E-state index contributed by atoms with van der Waals surface area (Å²) in [4.78, 5) is 4.21. The maximum Gasteiger partial charge on any atom is 0.138 e. The highest BCUT2D eigenvalue weighted by molar-refractivity contribution is 9.10. The summed E-state index contributed by atoms with van der Waals surface area (Å²) in [5.41, 5.74) is 4.54. The van der Waals surface area contributed by atoms with E-state index in [1.807, 2.05) is 38.1 Å². The Morgan fingerprint density at radius 2 is 2.10 bits per heavy atom. The van der Waals surface area contributed by atoms with E-state index in [4.69, 9.17) is 22.2 Å². The lowest BCUT2D eigenvalue weighted by Gasteiger charge is -2.19. The molecule has 0 bridgehead atoms. The third kappa shape index (κ3) is 3.95. The quantitative estimate of drug-likeness (QED) is 0.620. The van der Waals surface area contributed by atoms with Gasteiger partial charge in [0.1, 0.15) is 5.75 Å². The summed E-state index contributed by atoms with van der Waals surface area (Å²) in [7, 11) is 0. The summed E-state index contributed by atoms with van der Waals surface area (Å²) < 4.78 is 6.49. The Morgan fingerprint density at radius 3 is 2.76 bits per heavy atom. The highest BCUT2D eigenvalue weighted by atomic mass is 79.9. The second-order valence-electron chi connectivity index (χ2n) is 4.86. The number of nitrogens with two attached hydrogens (primary N) is 1. The van der Waals surface area contributed by atoms with E-state index in [1.54, 1.807) is 12.4 Å². The van der Waals surface area contributed by atoms with Crippen molar-refractivity contribution in [3.8, 4) is 5.75 Å². The van der Waals surface area contributed by atoms with Gasteiger partial charge in [-0.05, 0) is 53.0 Å². The molecule has 0 aliphatic rings. The smallest absolute Gasteiger partial charge is 0.138 e.